The normalized spacial score (nSPS) is 20.3. The highest BCUT2D eigenvalue weighted by Gasteiger charge is 2.19. The Bertz CT molecular complexity index is 387. The fourth-order valence-corrected chi connectivity index (χ4v) is 2.07. The van der Waals surface area contributed by atoms with E-state index < -0.39 is 0 Å². The molecular formula is C12H15NO. The monoisotopic (exact) mass is 189 g/mol. The fraction of sp³-hybridized carbons (Fsp3) is 0.417. The van der Waals surface area contributed by atoms with Gasteiger partial charge in [-0.3, -0.25) is 4.79 Å². The minimum absolute atomic E-state index is 0.103. The molecule has 14 heavy (non-hydrogen) atoms. The molecule has 0 N–H and O–H groups in total. The van der Waals surface area contributed by atoms with Crippen LogP contribution in [0.4, 0.5) is 0 Å². The summed E-state index contributed by atoms with van der Waals surface area (Å²) >= 11 is 0. The molecule has 0 amide bonds. The molecule has 1 aliphatic rings. The molecule has 2 heteroatoms. The lowest BCUT2D eigenvalue weighted by molar-refractivity contribution is -0.112. The first kappa shape index (κ1) is 9.25. The van der Waals surface area contributed by atoms with Crippen LogP contribution in [0.15, 0.2) is 18.2 Å². The van der Waals surface area contributed by atoms with Crippen molar-refractivity contribution in [1.82, 2.24) is 4.57 Å². The summed E-state index contributed by atoms with van der Waals surface area (Å²) in [6, 6.07) is 4.82. The van der Waals surface area contributed by atoms with E-state index in [1.165, 1.54) is 12.1 Å². The van der Waals surface area contributed by atoms with E-state index in [1.54, 1.807) is 13.0 Å². The number of fused-ring (bicyclic) bond motifs is 1. The molecule has 0 spiro atoms. The highest BCUT2D eigenvalue weighted by Crippen LogP contribution is 2.28. The third kappa shape index (κ3) is 1.52. The maximum Gasteiger partial charge on any atom is 0.152 e. The van der Waals surface area contributed by atoms with Gasteiger partial charge in [0.2, 0.25) is 0 Å². The number of rotatable bonds is 2. The van der Waals surface area contributed by atoms with E-state index >= 15 is 0 Å². The number of aryl methyl sites for hydroxylation is 1. The van der Waals surface area contributed by atoms with Gasteiger partial charge >= 0.3 is 0 Å². The molecule has 1 aromatic rings. The van der Waals surface area contributed by atoms with E-state index in [9.17, 15) is 4.79 Å². The van der Waals surface area contributed by atoms with E-state index in [-0.39, 0.29) is 5.78 Å². The molecule has 2 nitrogen and oxygen atoms in total. The summed E-state index contributed by atoms with van der Waals surface area (Å²) < 4.78 is 2.32. The minimum atomic E-state index is 0.103. The van der Waals surface area contributed by atoms with Gasteiger partial charge < -0.3 is 4.57 Å². The zero-order valence-corrected chi connectivity index (χ0v) is 8.66. The van der Waals surface area contributed by atoms with Crippen LogP contribution in [0, 0.1) is 0 Å². The lowest BCUT2D eigenvalue weighted by Crippen LogP contribution is -2.00. The average molecular weight is 189 g/mol. The Morgan fingerprint density at radius 1 is 1.57 bits per heavy atom. The van der Waals surface area contributed by atoms with Crippen LogP contribution in [0.3, 0.4) is 0 Å². The second-order valence-electron chi connectivity index (χ2n) is 3.95. The molecule has 1 unspecified atom stereocenters. The molecule has 74 valence electrons. The predicted octanol–water partition coefficient (Wildman–Crippen LogP) is 2.60. The fourth-order valence-electron chi connectivity index (χ4n) is 2.07. The van der Waals surface area contributed by atoms with Gasteiger partial charge in [-0.2, -0.15) is 0 Å². The van der Waals surface area contributed by atoms with Crippen LogP contribution in [0.25, 0.3) is 6.08 Å². The summed E-state index contributed by atoms with van der Waals surface area (Å²) in [5.74, 6) is 0.103. The average Bonchev–Trinajstić information content (AvgIpc) is 2.66. The maximum absolute atomic E-state index is 10.8. The zero-order chi connectivity index (χ0) is 10.1. The van der Waals surface area contributed by atoms with Crippen LogP contribution in [-0.2, 0) is 11.2 Å². The Hall–Kier alpha value is -1.31. The summed E-state index contributed by atoms with van der Waals surface area (Å²) in [4.78, 5) is 10.8. The van der Waals surface area contributed by atoms with Crippen molar-refractivity contribution in [1.29, 1.82) is 0 Å². The quantitative estimate of drug-likeness (QED) is 0.655. The van der Waals surface area contributed by atoms with E-state index in [0.717, 1.165) is 12.1 Å². The van der Waals surface area contributed by atoms with Crippen LogP contribution in [0.2, 0.25) is 0 Å². The molecule has 1 aliphatic heterocycles. The van der Waals surface area contributed by atoms with Gasteiger partial charge in [0.25, 0.3) is 0 Å². The van der Waals surface area contributed by atoms with Gasteiger partial charge in [-0.1, -0.05) is 0 Å². The summed E-state index contributed by atoms with van der Waals surface area (Å²) in [7, 11) is 0. The van der Waals surface area contributed by atoms with Crippen molar-refractivity contribution in [2.45, 2.75) is 32.7 Å². The molecular weight excluding hydrogens is 174 g/mol. The summed E-state index contributed by atoms with van der Waals surface area (Å²) in [5, 5.41) is 0. The molecule has 0 aliphatic carbocycles. The molecule has 1 aromatic heterocycles. The number of nitrogens with zero attached hydrogens (tertiary/aromatic N) is 1. The Kier molecular flexibility index (Phi) is 2.28. The van der Waals surface area contributed by atoms with Gasteiger partial charge in [0.1, 0.15) is 0 Å². The molecule has 1 atom stereocenters. The molecule has 0 bridgehead atoms. The first-order valence-corrected chi connectivity index (χ1v) is 5.07. The Morgan fingerprint density at radius 3 is 3.07 bits per heavy atom. The maximum atomic E-state index is 10.8. The number of hydrogen-bond acceptors (Lipinski definition) is 1. The van der Waals surface area contributed by atoms with Crippen LogP contribution in [0.5, 0.6) is 0 Å². The standard InChI is InChI=1S/C12H15NO/c1-9-3-5-11-7-8-12(13(9)11)6-4-10(2)14/h4,6-9H,3,5H2,1-2H3/b6-4+. The Morgan fingerprint density at radius 2 is 2.36 bits per heavy atom. The SMILES string of the molecule is CC(=O)/C=C/c1ccc2n1C(C)CC2. The smallest absolute Gasteiger partial charge is 0.152 e. The molecule has 0 radical (unpaired) electrons. The highest BCUT2D eigenvalue weighted by atomic mass is 16.1. The van der Waals surface area contributed by atoms with Crippen LogP contribution in [0.1, 0.15) is 37.7 Å². The molecule has 2 rings (SSSR count). The van der Waals surface area contributed by atoms with Gasteiger partial charge in [0.05, 0.1) is 0 Å². The number of hydrogen-bond donors (Lipinski definition) is 0. The zero-order valence-electron chi connectivity index (χ0n) is 8.66. The van der Waals surface area contributed by atoms with Crippen molar-refractivity contribution in [3.63, 3.8) is 0 Å². The minimum Gasteiger partial charge on any atom is -0.342 e. The molecule has 0 saturated heterocycles. The topological polar surface area (TPSA) is 22.0 Å². The van der Waals surface area contributed by atoms with Crippen molar-refractivity contribution in [3.8, 4) is 0 Å². The van der Waals surface area contributed by atoms with E-state index in [0.29, 0.717) is 6.04 Å². The van der Waals surface area contributed by atoms with Crippen molar-refractivity contribution >= 4 is 11.9 Å². The lowest BCUT2D eigenvalue weighted by atomic mass is 10.2. The van der Waals surface area contributed by atoms with Crippen molar-refractivity contribution in [2.75, 3.05) is 0 Å². The summed E-state index contributed by atoms with van der Waals surface area (Å²) in [6.07, 6.45) is 5.92. The second kappa shape index (κ2) is 3.45. The lowest BCUT2D eigenvalue weighted by Gasteiger charge is -2.09. The Labute approximate surface area is 84.2 Å². The van der Waals surface area contributed by atoms with E-state index in [2.05, 4.69) is 23.6 Å². The van der Waals surface area contributed by atoms with Gasteiger partial charge in [-0.05, 0) is 51.0 Å². The van der Waals surface area contributed by atoms with Crippen LogP contribution < -0.4 is 0 Å². The number of allylic oxidation sites excluding steroid dienone is 1. The van der Waals surface area contributed by atoms with Crippen LogP contribution >= 0.6 is 0 Å². The van der Waals surface area contributed by atoms with E-state index in [1.807, 2.05) is 6.08 Å². The first-order chi connectivity index (χ1) is 6.68. The second-order valence-corrected chi connectivity index (χ2v) is 3.95. The number of ketones is 1. The van der Waals surface area contributed by atoms with Crippen molar-refractivity contribution in [2.24, 2.45) is 0 Å². The molecule has 0 saturated carbocycles. The number of carbonyl (C=O) groups is 1. The predicted molar refractivity (Wildman–Crippen MR) is 57.2 cm³/mol. The van der Waals surface area contributed by atoms with E-state index in [4.69, 9.17) is 0 Å². The summed E-state index contributed by atoms with van der Waals surface area (Å²) in [6.45, 7) is 3.80. The third-order valence-electron chi connectivity index (χ3n) is 2.78. The van der Waals surface area contributed by atoms with Crippen LogP contribution in [-0.4, -0.2) is 10.4 Å². The van der Waals surface area contributed by atoms with Gasteiger partial charge in [-0.15, -0.1) is 0 Å². The molecule has 0 fully saturated rings. The highest BCUT2D eigenvalue weighted by molar-refractivity contribution is 5.91. The van der Waals surface area contributed by atoms with Gasteiger partial charge in [0.15, 0.2) is 5.78 Å². The van der Waals surface area contributed by atoms with Gasteiger partial charge in [-0.25, -0.2) is 0 Å². The largest absolute Gasteiger partial charge is 0.342 e. The Balaban J connectivity index is 2.32. The van der Waals surface area contributed by atoms with Crippen molar-refractivity contribution in [3.05, 3.63) is 29.6 Å². The summed E-state index contributed by atoms with van der Waals surface area (Å²) in [5.41, 5.74) is 2.54. The van der Waals surface area contributed by atoms with Crippen molar-refractivity contribution < 1.29 is 4.79 Å². The van der Waals surface area contributed by atoms with Gasteiger partial charge in [0, 0.05) is 17.4 Å². The molecule has 0 aromatic carbocycles. The third-order valence-corrected chi connectivity index (χ3v) is 2.78. The number of carbonyl (C=O) groups excluding carboxylic acids is 1. The first-order valence-electron chi connectivity index (χ1n) is 5.07. The number of aromatic nitrogens is 1. The molecule has 2 heterocycles.